The lowest BCUT2D eigenvalue weighted by Gasteiger charge is -2.19. The van der Waals surface area contributed by atoms with Gasteiger partial charge in [-0.3, -0.25) is 4.79 Å². The lowest BCUT2D eigenvalue weighted by Crippen LogP contribution is -2.40. The van der Waals surface area contributed by atoms with E-state index in [2.05, 4.69) is 10.4 Å². The van der Waals surface area contributed by atoms with Crippen LogP contribution in [0.5, 0.6) is 0 Å². The summed E-state index contributed by atoms with van der Waals surface area (Å²) in [7, 11) is 0. The minimum Gasteiger partial charge on any atom is -0.349 e. The van der Waals surface area contributed by atoms with Crippen LogP contribution in [0.2, 0.25) is 0 Å². The molecule has 3 N–H and O–H groups in total. The third kappa shape index (κ3) is 3.01. The van der Waals surface area contributed by atoms with Crippen molar-refractivity contribution in [2.24, 2.45) is 11.7 Å². The van der Waals surface area contributed by atoms with Crippen molar-refractivity contribution in [3.63, 3.8) is 0 Å². The number of benzene rings is 1. The van der Waals surface area contributed by atoms with Gasteiger partial charge in [-0.05, 0) is 50.8 Å². The zero-order valence-corrected chi connectivity index (χ0v) is 13.7. The molecule has 1 saturated carbocycles. The molecule has 3 rings (SSSR count). The van der Waals surface area contributed by atoms with Crippen LogP contribution in [-0.2, 0) is 0 Å². The quantitative estimate of drug-likeness (QED) is 0.910. The number of aromatic nitrogens is 2. The number of nitrogens with two attached hydrogens (primary N) is 1. The minimum atomic E-state index is -0.0484. The predicted molar refractivity (Wildman–Crippen MR) is 90.7 cm³/mol. The van der Waals surface area contributed by atoms with Gasteiger partial charge >= 0.3 is 0 Å². The summed E-state index contributed by atoms with van der Waals surface area (Å²) in [5, 5.41) is 7.56. The third-order valence-electron chi connectivity index (χ3n) is 4.88. The number of hydrogen-bond donors (Lipinski definition) is 2. The summed E-state index contributed by atoms with van der Waals surface area (Å²) in [6, 6.07) is 8.22. The van der Waals surface area contributed by atoms with Crippen molar-refractivity contribution < 1.29 is 4.79 Å². The van der Waals surface area contributed by atoms with Gasteiger partial charge in [0.15, 0.2) is 0 Å². The summed E-state index contributed by atoms with van der Waals surface area (Å²) in [5.74, 6) is 0.346. The van der Waals surface area contributed by atoms with Gasteiger partial charge in [-0.25, -0.2) is 4.68 Å². The van der Waals surface area contributed by atoms with E-state index in [-0.39, 0.29) is 11.9 Å². The summed E-state index contributed by atoms with van der Waals surface area (Å²) in [6.07, 6.45) is 4.90. The van der Waals surface area contributed by atoms with Gasteiger partial charge in [0.05, 0.1) is 23.1 Å². The van der Waals surface area contributed by atoms with Crippen LogP contribution in [-0.4, -0.2) is 28.3 Å². The van der Waals surface area contributed by atoms with Crippen molar-refractivity contribution in [1.82, 2.24) is 15.1 Å². The average Bonchev–Trinajstić information content (AvgIpc) is 3.14. The van der Waals surface area contributed by atoms with Crippen molar-refractivity contribution in [2.45, 2.75) is 39.2 Å². The molecule has 2 atom stereocenters. The molecule has 2 aromatic rings. The first-order valence-corrected chi connectivity index (χ1v) is 8.23. The number of rotatable bonds is 4. The molecule has 0 radical (unpaired) electrons. The number of nitrogens with one attached hydrogen (secondary N) is 1. The Morgan fingerprint density at radius 3 is 2.87 bits per heavy atom. The summed E-state index contributed by atoms with van der Waals surface area (Å²) in [6.45, 7) is 4.61. The van der Waals surface area contributed by atoms with Crippen LogP contribution in [0.1, 0.15) is 40.9 Å². The van der Waals surface area contributed by atoms with Crippen LogP contribution in [0, 0.1) is 19.8 Å². The Bertz CT molecular complexity index is 707. The van der Waals surface area contributed by atoms with Gasteiger partial charge < -0.3 is 11.1 Å². The molecule has 1 aliphatic rings. The molecule has 1 amide bonds. The molecule has 1 aliphatic carbocycles. The second-order valence-electron chi connectivity index (χ2n) is 6.35. The van der Waals surface area contributed by atoms with Gasteiger partial charge in [0.25, 0.3) is 5.91 Å². The zero-order valence-electron chi connectivity index (χ0n) is 13.7. The molecule has 5 nitrogen and oxygen atoms in total. The SMILES string of the molecule is Cc1ccccc1-n1ncc(C(=O)NC2CCCC2CN)c1C. The van der Waals surface area contributed by atoms with E-state index in [1.165, 1.54) is 0 Å². The lowest BCUT2D eigenvalue weighted by molar-refractivity contribution is 0.0928. The fourth-order valence-corrected chi connectivity index (χ4v) is 3.43. The standard InChI is InChI=1S/C18H24N4O/c1-12-6-3-4-9-17(12)22-13(2)15(11-20-22)18(23)21-16-8-5-7-14(16)10-19/h3-4,6,9,11,14,16H,5,7-8,10,19H2,1-2H3,(H,21,23). The third-order valence-corrected chi connectivity index (χ3v) is 4.88. The van der Waals surface area contributed by atoms with Crippen LogP contribution >= 0.6 is 0 Å². The molecule has 0 saturated heterocycles. The Hall–Kier alpha value is -2.14. The number of aryl methyl sites for hydroxylation is 1. The molecule has 0 spiro atoms. The molecular formula is C18H24N4O. The maximum Gasteiger partial charge on any atom is 0.254 e. The molecule has 1 aromatic heterocycles. The number of nitrogens with zero attached hydrogens (tertiary/aromatic N) is 2. The predicted octanol–water partition coefficient (Wildman–Crippen LogP) is 2.35. The average molecular weight is 312 g/mol. The smallest absolute Gasteiger partial charge is 0.254 e. The topological polar surface area (TPSA) is 72.9 Å². The van der Waals surface area contributed by atoms with Crippen LogP contribution < -0.4 is 11.1 Å². The number of amides is 1. The van der Waals surface area contributed by atoms with Crippen LogP contribution in [0.25, 0.3) is 5.69 Å². The summed E-state index contributed by atoms with van der Waals surface area (Å²) < 4.78 is 1.83. The second kappa shape index (κ2) is 6.54. The van der Waals surface area contributed by atoms with E-state index in [0.717, 1.165) is 36.2 Å². The number of carbonyl (C=O) groups excluding carboxylic acids is 1. The van der Waals surface area contributed by atoms with Crippen molar-refractivity contribution in [2.75, 3.05) is 6.54 Å². The Kier molecular flexibility index (Phi) is 4.48. The van der Waals surface area contributed by atoms with Crippen molar-refractivity contribution >= 4 is 5.91 Å². The molecule has 0 bridgehead atoms. The highest BCUT2D eigenvalue weighted by atomic mass is 16.1. The van der Waals surface area contributed by atoms with Gasteiger partial charge in [-0.15, -0.1) is 0 Å². The monoisotopic (exact) mass is 312 g/mol. The van der Waals surface area contributed by atoms with E-state index < -0.39 is 0 Å². The highest BCUT2D eigenvalue weighted by Crippen LogP contribution is 2.25. The molecule has 0 aliphatic heterocycles. The number of carbonyl (C=O) groups is 1. The van der Waals surface area contributed by atoms with Gasteiger partial charge in [0.2, 0.25) is 0 Å². The zero-order chi connectivity index (χ0) is 16.4. The maximum atomic E-state index is 12.6. The summed E-state index contributed by atoms with van der Waals surface area (Å²) in [5.41, 5.74) is 9.43. The Morgan fingerprint density at radius 2 is 2.13 bits per heavy atom. The van der Waals surface area contributed by atoms with Gasteiger partial charge in [-0.1, -0.05) is 24.6 Å². The molecule has 1 aromatic carbocycles. The van der Waals surface area contributed by atoms with Crippen molar-refractivity contribution in [3.05, 3.63) is 47.3 Å². The number of hydrogen-bond acceptors (Lipinski definition) is 3. The van der Waals surface area contributed by atoms with Crippen LogP contribution in [0.15, 0.2) is 30.5 Å². The van der Waals surface area contributed by atoms with Crippen molar-refractivity contribution in [3.8, 4) is 5.69 Å². The molecule has 5 heteroatoms. The molecule has 122 valence electrons. The van der Waals surface area contributed by atoms with Gasteiger partial charge in [-0.2, -0.15) is 5.10 Å². The molecule has 1 heterocycles. The highest BCUT2D eigenvalue weighted by Gasteiger charge is 2.28. The Balaban J connectivity index is 1.82. The van der Waals surface area contributed by atoms with Crippen molar-refractivity contribution in [1.29, 1.82) is 0 Å². The normalized spacial score (nSPS) is 20.7. The lowest BCUT2D eigenvalue weighted by atomic mass is 10.0. The highest BCUT2D eigenvalue weighted by molar-refractivity contribution is 5.95. The van der Waals surface area contributed by atoms with E-state index in [1.807, 2.05) is 42.8 Å². The first-order valence-electron chi connectivity index (χ1n) is 8.23. The fraction of sp³-hybridized carbons (Fsp3) is 0.444. The van der Waals surface area contributed by atoms with E-state index in [4.69, 9.17) is 5.73 Å². The van der Waals surface area contributed by atoms with E-state index in [1.54, 1.807) is 6.20 Å². The van der Waals surface area contributed by atoms with Gasteiger partial charge in [0, 0.05) is 6.04 Å². The summed E-state index contributed by atoms with van der Waals surface area (Å²) >= 11 is 0. The first-order chi connectivity index (χ1) is 11.1. The largest absolute Gasteiger partial charge is 0.349 e. The molecule has 1 fully saturated rings. The minimum absolute atomic E-state index is 0.0484. The van der Waals surface area contributed by atoms with Crippen LogP contribution in [0.4, 0.5) is 0 Å². The number of para-hydroxylation sites is 1. The molecular weight excluding hydrogens is 288 g/mol. The van der Waals surface area contributed by atoms with Gasteiger partial charge in [0.1, 0.15) is 0 Å². The Morgan fingerprint density at radius 1 is 1.35 bits per heavy atom. The maximum absolute atomic E-state index is 12.6. The summed E-state index contributed by atoms with van der Waals surface area (Å²) in [4.78, 5) is 12.6. The Labute approximate surface area is 136 Å². The van der Waals surface area contributed by atoms with E-state index in [0.29, 0.717) is 18.0 Å². The van der Waals surface area contributed by atoms with E-state index in [9.17, 15) is 4.79 Å². The van der Waals surface area contributed by atoms with Crippen LogP contribution in [0.3, 0.4) is 0 Å². The molecule has 23 heavy (non-hydrogen) atoms. The van der Waals surface area contributed by atoms with E-state index >= 15 is 0 Å². The second-order valence-corrected chi connectivity index (χ2v) is 6.35. The fourth-order valence-electron chi connectivity index (χ4n) is 3.43. The first kappa shape index (κ1) is 15.7. The molecule has 2 unspecified atom stereocenters.